The number of nitrogens with one attached hydrogen (secondary N) is 2. The van der Waals surface area contributed by atoms with Crippen LogP contribution in [-0.4, -0.2) is 31.3 Å². The molecular formula is C20H23N3O3S2. The fourth-order valence-electron chi connectivity index (χ4n) is 2.88. The van der Waals surface area contributed by atoms with Crippen LogP contribution < -0.4 is 10.6 Å². The minimum atomic E-state index is -3.75. The lowest BCUT2D eigenvalue weighted by atomic mass is 10.1. The third-order valence-electron chi connectivity index (χ3n) is 4.31. The monoisotopic (exact) mass is 417 g/mol. The van der Waals surface area contributed by atoms with Crippen molar-refractivity contribution in [2.75, 3.05) is 11.1 Å². The van der Waals surface area contributed by atoms with Gasteiger partial charge in [-0.05, 0) is 49.9 Å². The van der Waals surface area contributed by atoms with Crippen molar-refractivity contribution in [3.05, 3.63) is 59.7 Å². The number of thioether (sulfide) groups is 1. The Kier molecular flexibility index (Phi) is 6.41. The molecule has 0 saturated carbocycles. The zero-order chi connectivity index (χ0) is 20.1. The van der Waals surface area contributed by atoms with Crippen LogP contribution in [0, 0.1) is 6.92 Å². The average molecular weight is 418 g/mol. The van der Waals surface area contributed by atoms with Gasteiger partial charge in [0.1, 0.15) is 4.90 Å². The van der Waals surface area contributed by atoms with E-state index in [1.165, 1.54) is 5.56 Å². The number of hydrogen-bond donors (Lipinski definition) is 2. The minimum Gasteiger partial charge on any atom is -0.353 e. The molecule has 1 aliphatic heterocycles. The van der Waals surface area contributed by atoms with E-state index in [-0.39, 0.29) is 27.8 Å². The van der Waals surface area contributed by atoms with Crippen LogP contribution >= 0.6 is 11.8 Å². The van der Waals surface area contributed by atoms with Crippen LogP contribution in [0.5, 0.6) is 0 Å². The van der Waals surface area contributed by atoms with Crippen molar-refractivity contribution in [1.29, 1.82) is 0 Å². The summed E-state index contributed by atoms with van der Waals surface area (Å²) in [5.74, 6) is -0.0550. The smallest absolute Gasteiger partial charge is 0.286 e. The number of carbonyl (C=O) groups is 1. The molecule has 0 aliphatic carbocycles. The fourth-order valence-corrected chi connectivity index (χ4v) is 4.90. The van der Waals surface area contributed by atoms with Crippen molar-refractivity contribution in [2.24, 2.45) is 4.40 Å². The second kappa shape index (κ2) is 8.79. The molecule has 8 heteroatoms. The van der Waals surface area contributed by atoms with Crippen LogP contribution in [0.2, 0.25) is 0 Å². The van der Waals surface area contributed by atoms with Gasteiger partial charge in [-0.1, -0.05) is 48.2 Å². The SMILES string of the molecule is Cc1ccc2c(c1)NC(SCC(=O)NC(C)CCc1ccccc1)=NS2(=O)=O. The van der Waals surface area contributed by atoms with Gasteiger partial charge in [0.15, 0.2) is 5.17 Å². The van der Waals surface area contributed by atoms with E-state index < -0.39 is 10.0 Å². The van der Waals surface area contributed by atoms with E-state index in [2.05, 4.69) is 27.2 Å². The molecule has 28 heavy (non-hydrogen) atoms. The van der Waals surface area contributed by atoms with Gasteiger partial charge in [0, 0.05) is 6.04 Å². The molecule has 1 atom stereocenters. The third kappa shape index (κ3) is 5.36. The Balaban J connectivity index is 1.51. The van der Waals surface area contributed by atoms with Crippen molar-refractivity contribution < 1.29 is 13.2 Å². The van der Waals surface area contributed by atoms with Crippen molar-refractivity contribution in [3.8, 4) is 0 Å². The standard InChI is InChI=1S/C20H23N3O3S2/c1-14-8-11-18-17(12-14)22-20(23-28(18,25)26)27-13-19(24)21-15(2)9-10-16-6-4-3-5-7-16/h3-8,11-12,15H,9-10,13H2,1-2H3,(H,21,24)(H,22,23). The number of amidine groups is 1. The van der Waals surface area contributed by atoms with Gasteiger partial charge in [-0.2, -0.15) is 8.42 Å². The first-order chi connectivity index (χ1) is 13.3. The highest BCUT2D eigenvalue weighted by Gasteiger charge is 2.25. The molecule has 0 radical (unpaired) electrons. The Labute approximate surface area is 169 Å². The summed E-state index contributed by atoms with van der Waals surface area (Å²) in [5.41, 5.74) is 2.67. The van der Waals surface area contributed by atoms with Gasteiger partial charge in [0.05, 0.1) is 11.4 Å². The predicted octanol–water partition coefficient (Wildman–Crippen LogP) is 3.34. The maximum Gasteiger partial charge on any atom is 0.286 e. The second-order valence-electron chi connectivity index (χ2n) is 6.78. The van der Waals surface area contributed by atoms with Gasteiger partial charge in [-0.3, -0.25) is 4.79 Å². The zero-order valence-corrected chi connectivity index (χ0v) is 17.4. The number of fused-ring (bicyclic) bond motifs is 1. The Morgan fingerprint density at radius 1 is 1.21 bits per heavy atom. The van der Waals surface area contributed by atoms with Crippen molar-refractivity contribution in [3.63, 3.8) is 0 Å². The van der Waals surface area contributed by atoms with Gasteiger partial charge in [0.25, 0.3) is 10.0 Å². The molecule has 0 aromatic heterocycles. The van der Waals surface area contributed by atoms with E-state index in [0.29, 0.717) is 5.69 Å². The number of benzene rings is 2. The molecule has 1 unspecified atom stereocenters. The van der Waals surface area contributed by atoms with Gasteiger partial charge in [-0.15, -0.1) is 4.40 Å². The summed E-state index contributed by atoms with van der Waals surface area (Å²) in [5, 5.41) is 6.16. The summed E-state index contributed by atoms with van der Waals surface area (Å²) < 4.78 is 28.4. The molecule has 0 fully saturated rings. The molecule has 1 heterocycles. The molecule has 3 rings (SSSR count). The van der Waals surface area contributed by atoms with E-state index in [1.807, 2.05) is 32.0 Å². The first kappa shape index (κ1) is 20.4. The van der Waals surface area contributed by atoms with Crippen molar-refractivity contribution >= 4 is 38.5 Å². The Morgan fingerprint density at radius 2 is 1.96 bits per heavy atom. The summed E-state index contributed by atoms with van der Waals surface area (Å²) in [6.07, 6.45) is 1.72. The van der Waals surface area contributed by atoms with Crippen LogP contribution in [0.4, 0.5) is 5.69 Å². The van der Waals surface area contributed by atoms with Crippen LogP contribution in [-0.2, 0) is 21.2 Å². The van der Waals surface area contributed by atoms with Crippen molar-refractivity contribution in [1.82, 2.24) is 5.32 Å². The average Bonchev–Trinajstić information content (AvgIpc) is 2.64. The highest BCUT2D eigenvalue weighted by atomic mass is 32.2. The molecule has 1 amide bonds. The van der Waals surface area contributed by atoms with E-state index in [1.54, 1.807) is 18.2 Å². The summed E-state index contributed by atoms with van der Waals surface area (Å²) in [4.78, 5) is 12.4. The molecule has 2 aromatic rings. The maximum absolute atomic E-state index is 12.3. The number of anilines is 1. The Morgan fingerprint density at radius 3 is 2.71 bits per heavy atom. The quantitative estimate of drug-likeness (QED) is 0.753. The molecule has 6 nitrogen and oxygen atoms in total. The van der Waals surface area contributed by atoms with Gasteiger partial charge >= 0.3 is 0 Å². The fraction of sp³-hybridized carbons (Fsp3) is 0.300. The Bertz CT molecular complexity index is 989. The van der Waals surface area contributed by atoms with Crippen LogP contribution in [0.25, 0.3) is 0 Å². The van der Waals surface area contributed by atoms with E-state index in [9.17, 15) is 13.2 Å². The maximum atomic E-state index is 12.3. The number of rotatable bonds is 6. The van der Waals surface area contributed by atoms with Crippen LogP contribution in [0.1, 0.15) is 24.5 Å². The highest BCUT2D eigenvalue weighted by Crippen LogP contribution is 2.30. The molecule has 148 valence electrons. The third-order valence-corrected chi connectivity index (χ3v) is 6.64. The molecule has 2 aromatic carbocycles. The molecule has 0 spiro atoms. The van der Waals surface area contributed by atoms with E-state index in [0.717, 1.165) is 30.2 Å². The number of nitrogens with zero attached hydrogens (tertiary/aromatic N) is 1. The van der Waals surface area contributed by atoms with E-state index in [4.69, 9.17) is 0 Å². The Hall–Kier alpha value is -2.32. The molecular weight excluding hydrogens is 394 g/mol. The first-order valence-electron chi connectivity index (χ1n) is 9.02. The molecule has 0 saturated heterocycles. The topological polar surface area (TPSA) is 87.6 Å². The van der Waals surface area contributed by atoms with E-state index >= 15 is 0 Å². The van der Waals surface area contributed by atoms with Gasteiger partial charge in [0.2, 0.25) is 5.91 Å². The van der Waals surface area contributed by atoms with Gasteiger partial charge < -0.3 is 10.6 Å². The number of carbonyl (C=O) groups excluding carboxylic acids is 1. The normalized spacial score (nSPS) is 15.7. The van der Waals surface area contributed by atoms with Gasteiger partial charge in [-0.25, -0.2) is 0 Å². The first-order valence-corrected chi connectivity index (χ1v) is 11.4. The number of sulfonamides is 1. The van der Waals surface area contributed by atoms with Crippen LogP contribution in [0.3, 0.4) is 0 Å². The largest absolute Gasteiger partial charge is 0.353 e. The van der Waals surface area contributed by atoms with Crippen molar-refractivity contribution in [2.45, 2.75) is 37.6 Å². The molecule has 2 N–H and O–H groups in total. The highest BCUT2D eigenvalue weighted by molar-refractivity contribution is 8.15. The molecule has 0 bridgehead atoms. The minimum absolute atomic E-state index is 0.0293. The number of hydrogen-bond acceptors (Lipinski definition) is 5. The number of aryl methyl sites for hydroxylation is 2. The molecule has 1 aliphatic rings. The predicted molar refractivity (Wildman–Crippen MR) is 114 cm³/mol. The summed E-state index contributed by atoms with van der Waals surface area (Å²) >= 11 is 1.08. The lowest BCUT2D eigenvalue weighted by Gasteiger charge is -2.18. The lowest BCUT2D eigenvalue weighted by molar-refractivity contribution is -0.119. The lowest BCUT2D eigenvalue weighted by Crippen LogP contribution is -2.34. The summed E-state index contributed by atoms with van der Waals surface area (Å²) in [6, 6.07) is 15.2. The second-order valence-corrected chi connectivity index (χ2v) is 9.31. The number of amides is 1. The van der Waals surface area contributed by atoms with Crippen LogP contribution in [0.15, 0.2) is 57.8 Å². The summed E-state index contributed by atoms with van der Waals surface area (Å²) in [6.45, 7) is 3.85. The zero-order valence-electron chi connectivity index (χ0n) is 15.8. The summed E-state index contributed by atoms with van der Waals surface area (Å²) in [7, 11) is -3.75.